The van der Waals surface area contributed by atoms with Gasteiger partial charge in [0.05, 0.1) is 19.0 Å². The molecule has 2 heterocycles. The zero-order valence-electron chi connectivity index (χ0n) is 13.4. The highest BCUT2D eigenvalue weighted by molar-refractivity contribution is 5.73. The van der Waals surface area contributed by atoms with Gasteiger partial charge in [-0.2, -0.15) is 0 Å². The summed E-state index contributed by atoms with van der Waals surface area (Å²) in [5.41, 5.74) is 1.41. The van der Waals surface area contributed by atoms with Crippen molar-refractivity contribution in [1.29, 1.82) is 0 Å². The summed E-state index contributed by atoms with van der Waals surface area (Å²) in [6.45, 7) is 2.03. The van der Waals surface area contributed by atoms with Gasteiger partial charge in [-0.15, -0.1) is 0 Å². The maximum atomic E-state index is 13.9. The summed E-state index contributed by atoms with van der Waals surface area (Å²) in [6, 6.07) is 4.61. The molecule has 0 aliphatic carbocycles. The highest BCUT2D eigenvalue weighted by Crippen LogP contribution is 2.13. The van der Waals surface area contributed by atoms with Crippen LogP contribution >= 0.6 is 0 Å². The summed E-state index contributed by atoms with van der Waals surface area (Å²) in [5, 5.41) is 5.58. The van der Waals surface area contributed by atoms with E-state index < -0.39 is 0 Å². The molecule has 24 heavy (non-hydrogen) atoms. The van der Waals surface area contributed by atoms with Crippen LogP contribution in [0.25, 0.3) is 0 Å². The second-order valence-corrected chi connectivity index (χ2v) is 5.86. The lowest BCUT2D eigenvalue weighted by Gasteiger charge is -2.12. The van der Waals surface area contributed by atoms with E-state index in [1.165, 1.54) is 6.07 Å². The van der Waals surface area contributed by atoms with Crippen LogP contribution in [0.15, 0.2) is 36.9 Å². The minimum atomic E-state index is -0.268. The Hall–Kier alpha value is -2.41. The average Bonchev–Trinajstić information content (AvgIpc) is 3.27. The van der Waals surface area contributed by atoms with Gasteiger partial charge in [0.2, 0.25) is 0 Å². The smallest absolute Gasteiger partial charge is 0.315 e. The van der Waals surface area contributed by atoms with Crippen molar-refractivity contribution in [3.05, 3.63) is 53.9 Å². The molecule has 2 aromatic rings. The Morgan fingerprint density at radius 3 is 3.08 bits per heavy atom. The molecule has 0 unspecified atom stereocenters. The fourth-order valence-corrected chi connectivity index (χ4v) is 2.69. The van der Waals surface area contributed by atoms with Gasteiger partial charge in [0.25, 0.3) is 0 Å². The number of amides is 2. The third-order valence-corrected chi connectivity index (χ3v) is 3.99. The lowest BCUT2D eigenvalue weighted by molar-refractivity contribution is 0.111. The zero-order chi connectivity index (χ0) is 16.8. The second kappa shape index (κ2) is 7.92. The maximum Gasteiger partial charge on any atom is 0.315 e. The Morgan fingerprint density at radius 2 is 2.33 bits per heavy atom. The number of carbonyl (C=O) groups excluding carboxylic acids is 1. The molecule has 1 saturated heterocycles. The molecule has 6 nitrogen and oxygen atoms in total. The van der Waals surface area contributed by atoms with Gasteiger partial charge in [0.1, 0.15) is 5.82 Å². The van der Waals surface area contributed by atoms with Crippen molar-refractivity contribution in [3.63, 3.8) is 0 Å². The maximum absolute atomic E-state index is 13.9. The SMILES string of the molecule is O=C(NCc1ccc(F)c(Cn2ccnc2)c1)NC[C@@H]1CCCO1. The van der Waals surface area contributed by atoms with Crippen molar-refractivity contribution in [2.75, 3.05) is 13.2 Å². The third kappa shape index (κ3) is 4.55. The lowest BCUT2D eigenvalue weighted by atomic mass is 10.1. The quantitative estimate of drug-likeness (QED) is 0.851. The first-order valence-electron chi connectivity index (χ1n) is 8.07. The molecule has 3 rings (SSSR count). The van der Waals surface area contributed by atoms with Crippen LogP contribution in [0.2, 0.25) is 0 Å². The molecule has 1 aromatic carbocycles. The van der Waals surface area contributed by atoms with Gasteiger partial charge in [0, 0.05) is 37.7 Å². The second-order valence-electron chi connectivity index (χ2n) is 5.86. The Labute approximate surface area is 140 Å². The molecular formula is C17H21FN4O2. The number of ether oxygens (including phenoxy) is 1. The molecule has 7 heteroatoms. The Kier molecular flexibility index (Phi) is 5.43. The molecule has 1 aliphatic heterocycles. The molecule has 0 saturated carbocycles. The van der Waals surface area contributed by atoms with Gasteiger partial charge >= 0.3 is 6.03 Å². The fourth-order valence-electron chi connectivity index (χ4n) is 2.69. The van der Waals surface area contributed by atoms with Gasteiger partial charge in [-0.1, -0.05) is 6.07 Å². The molecule has 1 aromatic heterocycles. The summed E-state index contributed by atoms with van der Waals surface area (Å²) in [6.07, 6.45) is 7.22. The number of imidazole rings is 1. The van der Waals surface area contributed by atoms with E-state index in [0.29, 0.717) is 25.2 Å². The minimum absolute atomic E-state index is 0.114. The largest absolute Gasteiger partial charge is 0.376 e. The van der Waals surface area contributed by atoms with Gasteiger partial charge in [-0.25, -0.2) is 14.2 Å². The van der Waals surface area contributed by atoms with E-state index in [9.17, 15) is 9.18 Å². The normalized spacial score (nSPS) is 17.0. The van der Waals surface area contributed by atoms with Crippen LogP contribution in [0, 0.1) is 5.82 Å². The Bertz CT molecular complexity index is 669. The molecular weight excluding hydrogens is 311 g/mol. The fraction of sp³-hybridized carbons (Fsp3) is 0.412. The number of aromatic nitrogens is 2. The number of urea groups is 1. The summed E-state index contributed by atoms with van der Waals surface area (Å²) < 4.78 is 21.2. The first-order chi connectivity index (χ1) is 11.7. The molecule has 0 spiro atoms. The number of benzene rings is 1. The van der Waals surface area contributed by atoms with E-state index in [0.717, 1.165) is 25.0 Å². The number of nitrogens with zero attached hydrogens (tertiary/aromatic N) is 2. The monoisotopic (exact) mass is 332 g/mol. The average molecular weight is 332 g/mol. The topological polar surface area (TPSA) is 68.2 Å². The Morgan fingerprint density at radius 1 is 1.42 bits per heavy atom. The zero-order valence-corrected chi connectivity index (χ0v) is 13.4. The number of hydrogen-bond acceptors (Lipinski definition) is 3. The number of hydrogen-bond donors (Lipinski definition) is 2. The number of carbonyl (C=O) groups is 1. The van der Waals surface area contributed by atoms with Gasteiger partial charge in [0.15, 0.2) is 0 Å². The van der Waals surface area contributed by atoms with Crippen LogP contribution in [0.5, 0.6) is 0 Å². The van der Waals surface area contributed by atoms with Crippen molar-refractivity contribution in [2.45, 2.75) is 32.0 Å². The molecule has 1 aliphatic rings. The van der Waals surface area contributed by atoms with E-state index in [1.54, 1.807) is 35.4 Å². The summed E-state index contributed by atoms with van der Waals surface area (Å²) >= 11 is 0. The minimum Gasteiger partial charge on any atom is -0.376 e. The molecule has 1 atom stereocenters. The summed E-state index contributed by atoms with van der Waals surface area (Å²) in [5.74, 6) is -0.268. The summed E-state index contributed by atoms with van der Waals surface area (Å²) in [4.78, 5) is 15.8. The van der Waals surface area contributed by atoms with E-state index in [4.69, 9.17) is 4.74 Å². The van der Waals surface area contributed by atoms with E-state index in [-0.39, 0.29) is 18.0 Å². The van der Waals surface area contributed by atoms with Crippen molar-refractivity contribution < 1.29 is 13.9 Å². The molecule has 0 radical (unpaired) electrons. The lowest BCUT2D eigenvalue weighted by Crippen LogP contribution is -2.39. The Balaban J connectivity index is 1.50. The molecule has 2 amide bonds. The van der Waals surface area contributed by atoms with Gasteiger partial charge in [-0.3, -0.25) is 0 Å². The molecule has 2 N–H and O–H groups in total. The number of nitrogens with one attached hydrogen (secondary N) is 2. The van der Waals surface area contributed by atoms with Gasteiger partial charge < -0.3 is 19.9 Å². The van der Waals surface area contributed by atoms with Crippen molar-refractivity contribution in [1.82, 2.24) is 20.2 Å². The number of rotatable bonds is 6. The molecule has 1 fully saturated rings. The van der Waals surface area contributed by atoms with Crippen molar-refractivity contribution in [3.8, 4) is 0 Å². The number of halogens is 1. The third-order valence-electron chi connectivity index (χ3n) is 3.99. The van der Waals surface area contributed by atoms with Crippen LogP contribution in [-0.2, 0) is 17.8 Å². The van der Waals surface area contributed by atoms with Crippen LogP contribution in [0.3, 0.4) is 0 Å². The van der Waals surface area contributed by atoms with Gasteiger partial charge in [-0.05, 0) is 30.5 Å². The predicted octanol–water partition coefficient (Wildman–Crippen LogP) is 2.05. The van der Waals surface area contributed by atoms with Crippen LogP contribution in [-0.4, -0.2) is 34.8 Å². The summed E-state index contributed by atoms with van der Waals surface area (Å²) in [7, 11) is 0. The predicted molar refractivity (Wildman–Crippen MR) is 86.9 cm³/mol. The highest BCUT2D eigenvalue weighted by atomic mass is 19.1. The standard InChI is InChI=1S/C17H21FN4O2/c18-16-4-3-13(8-14(16)11-22-6-5-19-12-22)9-20-17(23)21-10-15-2-1-7-24-15/h3-6,8,12,15H,1-2,7,9-11H2,(H2,20,21,23)/t15-/m0/s1. The molecule has 128 valence electrons. The van der Waals surface area contributed by atoms with Crippen molar-refractivity contribution in [2.24, 2.45) is 0 Å². The highest BCUT2D eigenvalue weighted by Gasteiger charge is 2.16. The van der Waals surface area contributed by atoms with E-state index in [2.05, 4.69) is 15.6 Å². The van der Waals surface area contributed by atoms with Crippen LogP contribution < -0.4 is 10.6 Å². The first-order valence-corrected chi connectivity index (χ1v) is 8.07. The van der Waals surface area contributed by atoms with Crippen molar-refractivity contribution >= 4 is 6.03 Å². The van der Waals surface area contributed by atoms with E-state index >= 15 is 0 Å². The van der Waals surface area contributed by atoms with E-state index in [1.807, 2.05) is 0 Å². The first kappa shape index (κ1) is 16.4. The van der Waals surface area contributed by atoms with Crippen LogP contribution in [0.1, 0.15) is 24.0 Å². The van der Waals surface area contributed by atoms with Crippen LogP contribution in [0.4, 0.5) is 9.18 Å². The molecule has 0 bridgehead atoms.